The molecule has 0 bridgehead atoms. The van der Waals surface area contributed by atoms with Crippen molar-refractivity contribution in [1.29, 1.82) is 0 Å². The molecule has 0 radical (unpaired) electrons. The molecular weight excluding hydrogens is 575 g/mol. The second-order valence-electron chi connectivity index (χ2n) is 8.04. The molecule has 1 aromatic heterocycles. The van der Waals surface area contributed by atoms with Crippen LogP contribution in [0.25, 0.3) is 11.0 Å². The van der Waals surface area contributed by atoms with Crippen molar-refractivity contribution in [2.75, 3.05) is 26.2 Å². The van der Waals surface area contributed by atoms with Crippen LogP contribution in [0.2, 0.25) is 0 Å². The third-order valence-electron chi connectivity index (χ3n) is 5.07. The van der Waals surface area contributed by atoms with Crippen LogP contribution in [0.15, 0.2) is 24.3 Å². The molecular formula is C25H42N4NiS5. The topological polar surface area (TPSA) is 38.1 Å². The molecule has 2 N–H and O–H groups in total. The third kappa shape index (κ3) is 18.5. The van der Waals surface area contributed by atoms with Crippen LogP contribution in [0, 0.1) is 4.77 Å². The van der Waals surface area contributed by atoms with E-state index in [1.165, 1.54) is 51.4 Å². The van der Waals surface area contributed by atoms with Crippen molar-refractivity contribution in [2.24, 2.45) is 0 Å². The Labute approximate surface area is 250 Å². The summed E-state index contributed by atoms with van der Waals surface area (Å²) in [6, 6.07) is 7.92. The molecule has 202 valence electrons. The summed E-state index contributed by atoms with van der Waals surface area (Å²) in [6.45, 7) is 12.9. The van der Waals surface area contributed by atoms with Gasteiger partial charge < -0.3 is 69.5 Å². The summed E-state index contributed by atoms with van der Waals surface area (Å²) >= 11 is 24.8. The molecule has 0 fully saturated rings. The normalized spacial score (nSPS) is 9.71. The molecule has 2 aromatic rings. The predicted octanol–water partition coefficient (Wildman–Crippen LogP) is 7.66. The van der Waals surface area contributed by atoms with Crippen molar-refractivity contribution in [3.05, 3.63) is 29.0 Å². The third-order valence-corrected chi connectivity index (χ3v) is 6.30. The first-order chi connectivity index (χ1) is 16.3. The van der Waals surface area contributed by atoms with Crippen LogP contribution in [0.3, 0.4) is 0 Å². The largest absolute Gasteiger partial charge is 2.00 e. The summed E-state index contributed by atoms with van der Waals surface area (Å²) in [7, 11) is 0. The molecule has 0 saturated carbocycles. The first-order valence-electron chi connectivity index (χ1n) is 12.4. The minimum atomic E-state index is 0. The van der Waals surface area contributed by atoms with E-state index in [1.54, 1.807) is 0 Å². The number of H-pyrrole nitrogens is 2. The average molecular weight is 618 g/mol. The summed E-state index contributed by atoms with van der Waals surface area (Å²) in [4.78, 5) is 10.3. The second kappa shape index (κ2) is 24.0. The van der Waals surface area contributed by atoms with Gasteiger partial charge in [0.25, 0.3) is 0 Å². The zero-order chi connectivity index (χ0) is 25.8. The van der Waals surface area contributed by atoms with Crippen molar-refractivity contribution in [3.8, 4) is 0 Å². The van der Waals surface area contributed by atoms with Crippen molar-refractivity contribution >= 4 is 81.6 Å². The first-order valence-corrected chi connectivity index (χ1v) is 14.4. The van der Waals surface area contributed by atoms with Crippen molar-refractivity contribution in [1.82, 2.24) is 19.8 Å². The number of para-hydroxylation sites is 2. The number of hydrogen-bond donors (Lipinski definition) is 2. The Bertz CT molecular complexity index is 773. The van der Waals surface area contributed by atoms with Gasteiger partial charge in [-0.25, -0.2) is 0 Å². The Kier molecular flexibility index (Phi) is 25.2. The van der Waals surface area contributed by atoms with Crippen molar-refractivity contribution in [3.63, 3.8) is 0 Å². The molecule has 0 aliphatic rings. The molecule has 1 heterocycles. The van der Waals surface area contributed by atoms with E-state index in [-0.39, 0.29) is 16.5 Å². The van der Waals surface area contributed by atoms with Crippen molar-refractivity contribution in [2.45, 2.75) is 79.1 Å². The molecule has 4 nitrogen and oxygen atoms in total. The maximum absolute atomic E-state index is 4.98. The van der Waals surface area contributed by atoms with E-state index < -0.39 is 0 Å². The SMILES string of the molecule is CCCCN(CCCC)C(=S)[S-].CCCCN(CCCC)C(=S)[S-].S=c1[nH]c2ccccc2[nH]1.[Ni+2]. The van der Waals surface area contributed by atoms with Gasteiger partial charge in [-0.3, -0.25) is 0 Å². The number of nitrogens with zero attached hydrogens (tertiary/aromatic N) is 2. The van der Waals surface area contributed by atoms with E-state index in [0.29, 0.717) is 13.4 Å². The van der Waals surface area contributed by atoms with Crippen LogP contribution in [-0.4, -0.2) is 54.6 Å². The van der Waals surface area contributed by atoms with Gasteiger partial charge >= 0.3 is 16.5 Å². The summed E-state index contributed by atoms with van der Waals surface area (Å²) in [5.41, 5.74) is 2.13. The van der Waals surface area contributed by atoms with Crippen LogP contribution < -0.4 is 0 Å². The molecule has 10 heteroatoms. The van der Waals surface area contributed by atoms with E-state index in [4.69, 9.17) is 61.9 Å². The minimum Gasteiger partial charge on any atom is -0.411 e. The number of hydrogen-bond acceptors (Lipinski definition) is 5. The van der Waals surface area contributed by atoms with Crippen LogP contribution in [-0.2, 0) is 41.7 Å². The van der Waals surface area contributed by atoms with Crippen LogP contribution in [0.4, 0.5) is 0 Å². The Morgan fingerprint density at radius 2 is 0.971 bits per heavy atom. The average Bonchev–Trinajstić information content (AvgIpc) is 3.19. The van der Waals surface area contributed by atoms with E-state index in [9.17, 15) is 0 Å². The zero-order valence-electron chi connectivity index (χ0n) is 21.5. The number of imidazole rings is 1. The number of unbranched alkanes of at least 4 members (excludes halogenated alkanes) is 4. The van der Waals surface area contributed by atoms with E-state index >= 15 is 0 Å². The number of aromatic amines is 2. The molecule has 35 heavy (non-hydrogen) atoms. The second-order valence-corrected chi connectivity index (χ2v) is 10.5. The number of fused-ring (bicyclic) bond motifs is 1. The molecule has 2 rings (SSSR count). The molecule has 0 aliphatic carbocycles. The number of thiocarbonyl (C=S) groups is 2. The maximum Gasteiger partial charge on any atom is 2.00 e. The van der Waals surface area contributed by atoms with E-state index in [1.807, 2.05) is 24.3 Å². The minimum absolute atomic E-state index is 0. The van der Waals surface area contributed by atoms with Gasteiger partial charge in [0, 0.05) is 26.2 Å². The summed E-state index contributed by atoms with van der Waals surface area (Å²) in [5, 5.41) is 0. The molecule has 0 saturated heterocycles. The van der Waals surface area contributed by atoms with Crippen LogP contribution >= 0.6 is 36.7 Å². The Hall–Kier alpha value is -0.376. The van der Waals surface area contributed by atoms with Crippen LogP contribution in [0.1, 0.15) is 79.1 Å². The van der Waals surface area contributed by atoms with Gasteiger partial charge in [-0.1, -0.05) is 74.2 Å². The molecule has 1 aromatic carbocycles. The van der Waals surface area contributed by atoms with Crippen molar-refractivity contribution < 1.29 is 16.5 Å². The molecule has 0 spiro atoms. The standard InChI is InChI=1S/2C9H19NS2.C7H6N2S.Ni/c2*1-3-5-7-10(9(11)12)8-6-4-2;10-7-8-5-3-1-2-4-6(5)9-7;/h2*3-8H2,1-2H3,(H,11,12);1-4H,(H2,8,9,10);/q;;;+2/p-2. The number of benzene rings is 1. The van der Waals surface area contributed by atoms with Crippen LogP contribution in [0.5, 0.6) is 0 Å². The van der Waals surface area contributed by atoms with Gasteiger partial charge in [0.1, 0.15) is 0 Å². The monoisotopic (exact) mass is 616 g/mol. The van der Waals surface area contributed by atoms with Gasteiger partial charge in [-0.2, -0.15) is 0 Å². The van der Waals surface area contributed by atoms with Gasteiger partial charge in [-0.15, -0.1) is 0 Å². The summed E-state index contributed by atoms with van der Waals surface area (Å²) in [6.07, 6.45) is 9.62. The smallest absolute Gasteiger partial charge is 0.411 e. The van der Waals surface area contributed by atoms with Gasteiger partial charge in [-0.05, 0) is 50.0 Å². The van der Waals surface area contributed by atoms with Gasteiger partial charge in [0.15, 0.2) is 4.77 Å². The fourth-order valence-corrected chi connectivity index (χ4v) is 3.91. The fraction of sp³-hybridized carbons (Fsp3) is 0.640. The Morgan fingerprint density at radius 3 is 1.20 bits per heavy atom. The summed E-state index contributed by atoms with van der Waals surface area (Å²) in [5.74, 6) is 0. The maximum atomic E-state index is 4.98. The van der Waals surface area contributed by atoms with Gasteiger partial charge in [0.2, 0.25) is 0 Å². The molecule has 0 atom stereocenters. The number of aromatic nitrogens is 2. The zero-order valence-corrected chi connectivity index (χ0v) is 26.6. The number of rotatable bonds is 12. The quantitative estimate of drug-likeness (QED) is 0.144. The molecule has 0 unspecified atom stereocenters. The molecule has 0 amide bonds. The first kappa shape index (κ1) is 36.8. The van der Waals surface area contributed by atoms with E-state index in [2.05, 4.69) is 47.5 Å². The summed E-state index contributed by atoms with van der Waals surface area (Å²) < 4.78 is 1.95. The van der Waals surface area contributed by atoms with E-state index in [0.717, 1.165) is 37.2 Å². The molecule has 0 aliphatic heterocycles. The number of nitrogens with one attached hydrogen (secondary N) is 2. The fourth-order valence-electron chi connectivity index (χ4n) is 2.96. The Morgan fingerprint density at radius 1 is 0.686 bits per heavy atom. The van der Waals surface area contributed by atoms with Gasteiger partial charge in [0.05, 0.1) is 11.0 Å². The Balaban J connectivity index is 0. The predicted molar refractivity (Wildman–Crippen MR) is 166 cm³/mol.